The lowest BCUT2D eigenvalue weighted by atomic mass is 10.2. The minimum absolute atomic E-state index is 0.0932. The molecular formula is C21H22N2O5. The van der Waals surface area contributed by atoms with Gasteiger partial charge in [-0.05, 0) is 24.3 Å². The van der Waals surface area contributed by atoms with Crippen molar-refractivity contribution in [3.05, 3.63) is 71.9 Å². The number of nitrogens with zero attached hydrogens (tertiary/aromatic N) is 2. The summed E-state index contributed by atoms with van der Waals surface area (Å²) >= 11 is 0. The maximum Gasteiger partial charge on any atom is 0.342 e. The highest BCUT2D eigenvalue weighted by atomic mass is 16.6. The Labute approximate surface area is 163 Å². The van der Waals surface area contributed by atoms with Crippen LogP contribution >= 0.6 is 0 Å². The SMILES string of the molecule is CC(C)c1noc(COC(=O)c2ccccc2OCCOc2ccccc2)n1. The van der Waals surface area contributed by atoms with Crippen LogP contribution in [0.4, 0.5) is 0 Å². The number of esters is 1. The van der Waals surface area contributed by atoms with E-state index in [1.165, 1.54) is 0 Å². The van der Waals surface area contributed by atoms with E-state index in [1.807, 2.05) is 44.2 Å². The van der Waals surface area contributed by atoms with Gasteiger partial charge in [0.1, 0.15) is 30.3 Å². The van der Waals surface area contributed by atoms with Crippen molar-refractivity contribution in [2.75, 3.05) is 13.2 Å². The fourth-order valence-corrected chi connectivity index (χ4v) is 2.36. The summed E-state index contributed by atoms with van der Waals surface area (Å²) in [5, 5.41) is 3.84. The molecule has 2 aromatic carbocycles. The molecular weight excluding hydrogens is 360 g/mol. The predicted octanol–water partition coefficient (Wildman–Crippen LogP) is 4.01. The molecule has 1 heterocycles. The highest BCUT2D eigenvalue weighted by Gasteiger charge is 2.16. The van der Waals surface area contributed by atoms with Crippen LogP contribution < -0.4 is 9.47 Å². The van der Waals surface area contributed by atoms with Crippen LogP contribution in [0.1, 0.15) is 41.8 Å². The van der Waals surface area contributed by atoms with Gasteiger partial charge in [-0.3, -0.25) is 0 Å². The molecule has 28 heavy (non-hydrogen) atoms. The molecule has 0 aliphatic rings. The van der Waals surface area contributed by atoms with Crippen LogP contribution in [0.15, 0.2) is 59.1 Å². The van der Waals surface area contributed by atoms with E-state index in [1.54, 1.807) is 24.3 Å². The van der Waals surface area contributed by atoms with Gasteiger partial charge in [-0.2, -0.15) is 4.98 Å². The number of ether oxygens (including phenoxy) is 3. The summed E-state index contributed by atoms with van der Waals surface area (Å²) in [5.41, 5.74) is 0.325. The first-order chi connectivity index (χ1) is 13.6. The Balaban J connectivity index is 1.52. The number of benzene rings is 2. The van der Waals surface area contributed by atoms with Gasteiger partial charge < -0.3 is 18.7 Å². The quantitative estimate of drug-likeness (QED) is 0.408. The van der Waals surface area contributed by atoms with E-state index in [4.69, 9.17) is 18.7 Å². The van der Waals surface area contributed by atoms with Gasteiger partial charge in [0.25, 0.3) is 5.89 Å². The zero-order chi connectivity index (χ0) is 19.8. The maximum atomic E-state index is 12.4. The topological polar surface area (TPSA) is 83.7 Å². The fourth-order valence-electron chi connectivity index (χ4n) is 2.36. The average molecular weight is 382 g/mol. The third kappa shape index (κ3) is 5.33. The van der Waals surface area contributed by atoms with Crippen LogP contribution in [0.25, 0.3) is 0 Å². The molecule has 0 spiro atoms. The van der Waals surface area contributed by atoms with E-state index in [9.17, 15) is 4.79 Å². The van der Waals surface area contributed by atoms with Crippen LogP contribution in [-0.2, 0) is 11.3 Å². The Kier molecular flexibility index (Phi) is 6.62. The Hall–Kier alpha value is -3.35. The van der Waals surface area contributed by atoms with Gasteiger partial charge >= 0.3 is 5.97 Å². The summed E-state index contributed by atoms with van der Waals surface area (Å²) in [5.74, 6) is 1.64. The standard InChI is InChI=1S/C21H22N2O5/c1-15(2)20-22-19(28-23-20)14-27-21(24)17-10-6-7-11-18(17)26-13-12-25-16-8-4-3-5-9-16/h3-11,15H,12-14H2,1-2H3. The number of carbonyl (C=O) groups is 1. The van der Waals surface area contributed by atoms with Crippen molar-refractivity contribution in [2.45, 2.75) is 26.4 Å². The zero-order valence-electron chi connectivity index (χ0n) is 15.8. The number of para-hydroxylation sites is 2. The lowest BCUT2D eigenvalue weighted by molar-refractivity contribution is 0.0424. The molecule has 0 saturated heterocycles. The Bertz CT molecular complexity index is 893. The normalized spacial score (nSPS) is 10.7. The number of hydrogen-bond acceptors (Lipinski definition) is 7. The van der Waals surface area contributed by atoms with Gasteiger partial charge in [0.2, 0.25) is 0 Å². The van der Waals surface area contributed by atoms with Crippen molar-refractivity contribution in [3.8, 4) is 11.5 Å². The molecule has 0 amide bonds. The lowest BCUT2D eigenvalue weighted by Crippen LogP contribution is -2.12. The molecule has 0 aliphatic heterocycles. The minimum Gasteiger partial charge on any atom is -0.490 e. The molecule has 0 saturated carbocycles. The number of carbonyl (C=O) groups excluding carboxylic acids is 1. The summed E-state index contributed by atoms with van der Waals surface area (Å²) < 4.78 is 21.6. The first-order valence-corrected chi connectivity index (χ1v) is 9.03. The van der Waals surface area contributed by atoms with Gasteiger partial charge in [0, 0.05) is 5.92 Å². The van der Waals surface area contributed by atoms with E-state index in [2.05, 4.69) is 10.1 Å². The molecule has 0 N–H and O–H groups in total. The van der Waals surface area contributed by atoms with E-state index in [0.29, 0.717) is 30.4 Å². The van der Waals surface area contributed by atoms with Gasteiger partial charge in [-0.15, -0.1) is 0 Å². The third-order valence-electron chi connectivity index (χ3n) is 3.79. The van der Waals surface area contributed by atoms with Crippen LogP contribution in [0.3, 0.4) is 0 Å². The molecule has 7 heteroatoms. The van der Waals surface area contributed by atoms with Crippen molar-refractivity contribution >= 4 is 5.97 Å². The second-order valence-corrected chi connectivity index (χ2v) is 6.28. The van der Waals surface area contributed by atoms with E-state index in [-0.39, 0.29) is 18.4 Å². The van der Waals surface area contributed by atoms with E-state index >= 15 is 0 Å². The molecule has 7 nitrogen and oxygen atoms in total. The molecule has 0 radical (unpaired) electrons. The number of hydrogen-bond donors (Lipinski definition) is 0. The lowest BCUT2D eigenvalue weighted by Gasteiger charge is -2.11. The zero-order valence-corrected chi connectivity index (χ0v) is 15.8. The largest absolute Gasteiger partial charge is 0.490 e. The number of aromatic nitrogens is 2. The van der Waals surface area contributed by atoms with Crippen LogP contribution in [0.2, 0.25) is 0 Å². The summed E-state index contributed by atoms with van der Waals surface area (Å²) in [4.78, 5) is 16.6. The highest BCUT2D eigenvalue weighted by Crippen LogP contribution is 2.20. The molecule has 0 atom stereocenters. The molecule has 3 aromatic rings. The van der Waals surface area contributed by atoms with Crippen molar-refractivity contribution in [3.63, 3.8) is 0 Å². The molecule has 3 rings (SSSR count). The molecule has 0 bridgehead atoms. The first kappa shape index (κ1) is 19.4. The highest BCUT2D eigenvalue weighted by molar-refractivity contribution is 5.92. The molecule has 0 aliphatic carbocycles. The smallest absolute Gasteiger partial charge is 0.342 e. The van der Waals surface area contributed by atoms with Crippen molar-refractivity contribution in [2.24, 2.45) is 0 Å². The Morgan fingerprint density at radius 1 is 1.00 bits per heavy atom. The fraction of sp³-hybridized carbons (Fsp3) is 0.286. The van der Waals surface area contributed by atoms with Gasteiger partial charge in [-0.1, -0.05) is 49.3 Å². The third-order valence-corrected chi connectivity index (χ3v) is 3.79. The van der Waals surface area contributed by atoms with Gasteiger partial charge in [0.05, 0.1) is 0 Å². The number of rotatable bonds is 9. The Morgan fingerprint density at radius 2 is 1.71 bits per heavy atom. The molecule has 146 valence electrons. The monoisotopic (exact) mass is 382 g/mol. The van der Waals surface area contributed by atoms with Crippen molar-refractivity contribution in [1.29, 1.82) is 0 Å². The minimum atomic E-state index is -0.524. The molecule has 0 unspecified atom stereocenters. The maximum absolute atomic E-state index is 12.4. The second-order valence-electron chi connectivity index (χ2n) is 6.28. The molecule has 0 fully saturated rings. The van der Waals surface area contributed by atoms with E-state index in [0.717, 1.165) is 5.75 Å². The van der Waals surface area contributed by atoms with Crippen LogP contribution in [0.5, 0.6) is 11.5 Å². The Morgan fingerprint density at radius 3 is 2.46 bits per heavy atom. The average Bonchev–Trinajstić information content (AvgIpc) is 3.20. The molecule has 1 aromatic heterocycles. The van der Waals surface area contributed by atoms with Gasteiger partial charge in [0.15, 0.2) is 12.4 Å². The van der Waals surface area contributed by atoms with E-state index < -0.39 is 5.97 Å². The van der Waals surface area contributed by atoms with Crippen molar-refractivity contribution in [1.82, 2.24) is 10.1 Å². The summed E-state index contributed by atoms with van der Waals surface area (Å²) in [7, 11) is 0. The van der Waals surface area contributed by atoms with Gasteiger partial charge in [-0.25, -0.2) is 4.79 Å². The summed E-state index contributed by atoms with van der Waals surface area (Å²) in [6, 6.07) is 16.3. The van der Waals surface area contributed by atoms with Crippen LogP contribution in [0, 0.1) is 0 Å². The summed E-state index contributed by atoms with van der Waals surface area (Å²) in [6.45, 7) is 4.46. The van der Waals surface area contributed by atoms with Crippen molar-refractivity contribution < 1.29 is 23.5 Å². The van der Waals surface area contributed by atoms with Crippen LogP contribution in [-0.4, -0.2) is 29.3 Å². The first-order valence-electron chi connectivity index (χ1n) is 9.03. The summed E-state index contributed by atoms with van der Waals surface area (Å²) in [6.07, 6.45) is 0. The second kappa shape index (κ2) is 9.55. The predicted molar refractivity (Wildman–Crippen MR) is 101 cm³/mol.